The minimum atomic E-state index is -0.830. The SMILES string of the molecule is CN(C)C(=O)N1CCC(C(=O)N[C@@]2(C)CCCC[C@@H]2C(=O)O)CC1. The molecule has 0 unspecified atom stereocenters. The van der Waals surface area contributed by atoms with E-state index in [-0.39, 0.29) is 17.9 Å². The molecule has 2 fully saturated rings. The average Bonchev–Trinajstić information content (AvgIpc) is 2.53. The van der Waals surface area contributed by atoms with Gasteiger partial charge >= 0.3 is 12.0 Å². The van der Waals surface area contributed by atoms with Crippen LogP contribution in [0.15, 0.2) is 0 Å². The van der Waals surface area contributed by atoms with Crippen LogP contribution in [-0.2, 0) is 9.59 Å². The van der Waals surface area contributed by atoms with Crippen molar-refractivity contribution in [2.45, 2.75) is 51.0 Å². The summed E-state index contributed by atoms with van der Waals surface area (Å²) in [6, 6.07) is -0.0287. The van der Waals surface area contributed by atoms with Crippen molar-refractivity contribution in [3.05, 3.63) is 0 Å². The van der Waals surface area contributed by atoms with Crippen LogP contribution in [0.1, 0.15) is 45.4 Å². The number of nitrogens with one attached hydrogen (secondary N) is 1. The Balaban J connectivity index is 1.93. The van der Waals surface area contributed by atoms with Crippen molar-refractivity contribution in [3.8, 4) is 0 Å². The molecule has 0 aromatic heterocycles. The molecular formula is C17H29N3O4. The number of aliphatic carboxylic acids is 1. The van der Waals surface area contributed by atoms with Crippen molar-refractivity contribution in [1.82, 2.24) is 15.1 Å². The van der Waals surface area contributed by atoms with Gasteiger partial charge in [0.2, 0.25) is 5.91 Å². The van der Waals surface area contributed by atoms with Gasteiger partial charge in [-0.15, -0.1) is 0 Å². The number of nitrogens with zero attached hydrogens (tertiary/aromatic N) is 2. The Morgan fingerprint density at radius 1 is 1.12 bits per heavy atom. The molecule has 7 heteroatoms. The van der Waals surface area contributed by atoms with Gasteiger partial charge in [0.15, 0.2) is 0 Å². The van der Waals surface area contributed by atoms with Crippen LogP contribution in [0.4, 0.5) is 4.79 Å². The van der Waals surface area contributed by atoms with Crippen molar-refractivity contribution >= 4 is 17.9 Å². The van der Waals surface area contributed by atoms with Crippen LogP contribution in [0.2, 0.25) is 0 Å². The van der Waals surface area contributed by atoms with Crippen LogP contribution >= 0.6 is 0 Å². The quantitative estimate of drug-likeness (QED) is 0.816. The van der Waals surface area contributed by atoms with E-state index in [1.54, 1.807) is 23.9 Å². The molecule has 1 aliphatic carbocycles. The summed E-state index contributed by atoms with van der Waals surface area (Å²) < 4.78 is 0. The fraction of sp³-hybridized carbons (Fsp3) is 0.824. The number of carbonyl (C=O) groups is 3. The Morgan fingerprint density at radius 2 is 1.75 bits per heavy atom. The first-order valence-electron chi connectivity index (χ1n) is 8.75. The molecule has 7 nitrogen and oxygen atoms in total. The molecule has 0 bridgehead atoms. The number of hydrogen-bond donors (Lipinski definition) is 2. The predicted molar refractivity (Wildman–Crippen MR) is 89.5 cm³/mol. The van der Waals surface area contributed by atoms with Gasteiger partial charge in [-0.1, -0.05) is 12.8 Å². The molecule has 24 heavy (non-hydrogen) atoms. The van der Waals surface area contributed by atoms with Gasteiger partial charge in [0, 0.05) is 33.1 Å². The Labute approximate surface area is 143 Å². The van der Waals surface area contributed by atoms with Crippen molar-refractivity contribution < 1.29 is 19.5 Å². The van der Waals surface area contributed by atoms with Crippen LogP contribution in [0.3, 0.4) is 0 Å². The molecule has 0 aromatic carbocycles. The molecule has 0 aromatic rings. The van der Waals surface area contributed by atoms with E-state index >= 15 is 0 Å². The fourth-order valence-corrected chi connectivity index (χ4v) is 3.88. The van der Waals surface area contributed by atoms with Crippen LogP contribution in [0.5, 0.6) is 0 Å². The summed E-state index contributed by atoms with van der Waals surface area (Å²) in [5, 5.41) is 12.5. The van der Waals surface area contributed by atoms with E-state index in [0.29, 0.717) is 38.8 Å². The normalized spacial score (nSPS) is 28.3. The number of piperidine rings is 1. The summed E-state index contributed by atoms with van der Waals surface area (Å²) in [5.74, 6) is -1.57. The molecule has 3 amide bonds. The third-order valence-corrected chi connectivity index (χ3v) is 5.43. The molecule has 1 aliphatic heterocycles. The number of hydrogen-bond acceptors (Lipinski definition) is 3. The van der Waals surface area contributed by atoms with E-state index in [4.69, 9.17) is 0 Å². The number of likely N-dealkylation sites (tertiary alicyclic amines) is 1. The van der Waals surface area contributed by atoms with Gasteiger partial charge in [-0.25, -0.2) is 4.79 Å². The standard InChI is InChI=1S/C17H29N3O4/c1-17(9-5-4-6-13(17)15(22)23)18-14(21)12-7-10-20(11-8-12)16(24)19(2)3/h12-13H,4-11H2,1-3H3,(H,18,21)(H,22,23)/t13-,17+/m1/s1. The highest BCUT2D eigenvalue weighted by atomic mass is 16.4. The van der Waals surface area contributed by atoms with Crippen LogP contribution in [-0.4, -0.2) is 65.5 Å². The maximum atomic E-state index is 12.6. The highest BCUT2D eigenvalue weighted by Crippen LogP contribution is 2.34. The number of rotatable bonds is 3. The molecule has 1 saturated carbocycles. The average molecular weight is 339 g/mol. The zero-order valence-corrected chi connectivity index (χ0v) is 14.9. The van der Waals surface area contributed by atoms with Crippen molar-refractivity contribution in [1.29, 1.82) is 0 Å². The summed E-state index contributed by atoms with van der Waals surface area (Å²) in [4.78, 5) is 39.4. The molecule has 0 radical (unpaired) electrons. The first-order chi connectivity index (χ1) is 11.2. The van der Waals surface area contributed by atoms with E-state index in [0.717, 1.165) is 12.8 Å². The lowest BCUT2D eigenvalue weighted by Gasteiger charge is -2.41. The number of carboxylic acids is 1. The van der Waals surface area contributed by atoms with Gasteiger partial charge in [-0.05, 0) is 32.6 Å². The third kappa shape index (κ3) is 3.99. The van der Waals surface area contributed by atoms with Crippen LogP contribution < -0.4 is 5.32 Å². The topological polar surface area (TPSA) is 90.0 Å². The second-order valence-corrected chi connectivity index (χ2v) is 7.48. The van der Waals surface area contributed by atoms with E-state index in [2.05, 4.69) is 5.32 Å². The first kappa shape index (κ1) is 18.5. The molecule has 2 aliphatic rings. The van der Waals surface area contributed by atoms with Gasteiger partial charge < -0.3 is 20.2 Å². The lowest BCUT2D eigenvalue weighted by molar-refractivity contribution is -0.147. The summed E-state index contributed by atoms with van der Waals surface area (Å²) in [5.41, 5.74) is -0.669. The molecule has 1 saturated heterocycles. The summed E-state index contributed by atoms with van der Waals surface area (Å²) in [6.45, 7) is 2.98. The van der Waals surface area contributed by atoms with Gasteiger partial charge in [0.05, 0.1) is 11.5 Å². The zero-order chi connectivity index (χ0) is 17.9. The Kier molecular flexibility index (Phi) is 5.72. The number of amides is 3. The monoisotopic (exact) mass is 339 g/mol. The fourth-order valence-electron chi connectivity index (χ4n) is 3.88. The minimum Gasteiger partial charge on any atom is -0.481 e. The number of urea groups is 1. The van der Waals surface area contributed by atoms with E-state index in [1.807, 2.05) is 6.92 Å². The zero-order valence-electron chi connectivity index (χ0n) is 14.9. The second kappa shape index (κ2) is 7.40. The van der Waals surface area contributed by atoms with Crippen molar-refractivity contribution in [2.75, 3.05) is 27.2 Å². The summed E-state index contributed by atoms with van der Waals surface area (Å²) >= 11 is 0. The molecule has 0 spiro atoms. The van der Waals surface area contributed by atoms with Gasteiger partial charge in [-0.2, -0.15) is 0 Å². The molecule has 2 atom stereocenters. The van der Waals surface area contributed by atoms with Gasteiger partial charge in [0.25, 0.3) is 0 Å². The highest BCUT2D eigenvalue weighted by molar-refractivity contribution is 5.82. The predicted octanol–water partition coefficient (Wildman–Crippen LogP) is 1.53. The maximum absolute atomic E-state index is 12.6. The van der Waals surface area contributed by atoms with Crippen LogP contribution in [0, 0.1) is 11.8 Å². The van der Waals surface area contributed by atoms with Crippen molar-refractivity contribution in [3.63, 3.8) is 0 Å². The molecule has 2 rings (SSSR count). The first-order valence-corrected chi connectivity index (χ1v) is 8.75. The number of carbonyl (C=O) groups excluding carboxylic acids is 2. The van der Waals surface area contributed by atoms with Crippen molar-refractivity contribution in [2.24, 2.45) is 11.8 Å². The summed E-state index contributed by atoms with van der Waals surface area (Å²) in [6.07, 6.45) is 4.40. The van der Waals surface area contributed by atoms with Gasteiger partial charge in [-0.3, -0.25) is 9.59 Å². The lowest BCUT2D eigenvalue weighted by atomic mass is 9.73. The van der Waals surface area contributed by atoms with E-state index in [9.17, 15) is 19.5 Å². The molecule has 1 heterocycles. The van der Waals surface area contributed by atoms with Crippen LogP contribution in [0.25, 0.3) is 0 Å². The highest BCUT2D eigenvalue weighted by Gasteiger charge is 2.43. The van der Waals surface area contributed by atoms with E-state index < -0.39 is 17.4 Å². The Morgan fingerprint density at radius 3 is 2.29 bits per heavy atom. The smallest absolute Gasteiger partial charge is 0.319 e. The molecular weight excluding hydrogens is 310 g/mol. The molecule has 2 N–H and O–H groups in total. The number of carboxylic acid groups (broad SMARTS) is 1. The minimum absolute atomic E-state index is 0.0287. The van der Waals surface area contributed by atoms with Gasteiger partial charge in [0.1, 0.15) is 0 Å². The Hall–Kier alpha value is -1.79. The second-order valence-electron chi connectivity index (χ2n) is 7.48. The Bertz CT molecular complexity index is 500. The van der Waals surface area contributed by atoms with E-state index in [1.165, 1.54) is 0 Å². The largest absolute Gasteiger partial charge is 0.481 e. The molecule has 136 valence electrons. The third-order valence-electron chi connectivity index (χ3n) is 5.43. The maximum Gasteiger partial charge on any atom is 0.319 e. The summed E-state index contributed by atoms with van der Waals surface area (Å²) in [7, 11) is 3.44. The lowest BCUT2D eigenvalue weighted by Crippen LogP contribution is -2.57.